The molecule has 30 heavy (non-hydrogen) atoms. The van der Waals surface area contributed by atoms with E-state index in [4.69, 9.17) is 9.26 Å². The normalized spacial score (nSPS) is 24.9. The van der Waals surface area contributed by atoms with E-state index in [9.17, 15) is 9.59 Å². The Hall–Kier alpha value is -2.57. The van der Waals surface area contributed by atoms with E-state index < -0.39 is 5.97 Å². The van der Waals surface area contributed by atoms with Crippen LogP contribution >= 0.6 is 0 Å². The lowest BCUT2D eigenvalue weighted by Gasteiger charge is -2.39. The van der Waals surface area contributed by atoms with Crippen molar-refractivity contribution in [2.24, 2.45) is 10.8 Å². The van der Waals surface area contributed by atoms with Crippen LogP contribution in [0.4, 0.5) is 0 Å². The topological polar surface area (TPSA) is 77.6 Å². The van der Waals surface area contributed by atoms with E-state index >= 15 is 0 Å². The number of likely N-dealkylation sites (tertiary alicyclic amines) is 1. The predicted molar refractivity (Wildman–Crippen MR) is 112 cm³/mol. The number of esters is 1. The van der Waals surface area contributed by atoms with Crippen molar-refractivity contribution in [1.82, 2.24) is 14.6 Å². The summed E-state index contributed by atoms with van der Waals surface area (Å²) in [5.74, 6) is 0.727. The Labute approximate surface area is 177 Å². The highest BCUT2D eigenvalue weighted by Crippen LogP contribution is 2.52. The summed E-state index contributed by atoms with van der Waals surface area (Å²) >= 11 is 0. The van der Waals surface area contributed by atoms with E-state index in [1.54, 1.807) is 6.07 Å². The zero-order valence-corrected chi connectivity index (χ0v) is 18.7. The zero-order chi connectivity index (χ0) is 21.8. The molecule has 1 amide bonds. The van der Waals surface area contributed by atoms with Gasteiger partial charge < -0.3 is 14.2 Å². The second-order valence-electron chi connectivity index (χ2n) is 10.2. The maximum absolute atomic E-state index is 12.9. The van der Waals surface area contributed by atoms with E-state index in [1.807, 2.05) is 36.3 Å². The molecule has 0 aromatic carbocycles. The van der Waals surface area contributed by atoms with Crippen LogP contribution in [0.1, 0.15) is 67.5 Å². The van der Waals surface area contributed by atoms with E-state index in [0.717, 1.165) is 31.5 Å². The molecule has 2 bridgehead atoms. The highest BCUT2D eigenvalue weighted by molar-refractivity contribution is 5.93. The summed E-state index contributed by atoms with van der Waals surface area (Å²) in [6, 6.07) is 3.82. The standard InChI is InChI=1S/C23H31N3O4/c1-14-7-18(16(3)26(14)19-8-15(2)30-24-19)21(28)29-11-20(27)25-13-23(6)10-17(25)9-22(4,5)12-23/h7-8,17H,9-13H2,1-6H3/t17-,23+/m1/s1. The van der Waals surface area contributed by atoms with Gasteiger partial charge in [0, 0.05) is 30.0 Å². The SMILES string of the molecule is Cc1cc(-n2c(C)cc(C(=O)OCC(=O)N3C[C@@]4(C)C[C@H]3CC(C)(C)C4)c2C)no1. The summed E-state index contributed by atoms with van der Waals surface area (Å²) in [5.41, 5.74) is 2.40. The van der Waals surface area contributed by atoms with E-state index in [1.165, 1.54) is 0 Å². The molecule has 0 unspecified atom stereocenters. The summed E-state index contributed by atoms with van der Waals surface area (Å²) in [4.78, 5) is 27.5. The fourth-order valence-corrected chi connectivity index (χ4v) is 5.82. The number of aromatic nitrogens is 2. The van der Waals surface area contributed by atoms with Crippen LogP contribution in [0.15, 0.2) is 16.7 Å². The molecule has 1 aliphatic heterocycles. The maximum Gasteiger partial charge on any atom is 0.340 e. The minimum atomic E-state index is -0.489. The second-order valence-corrected chi connectivity index (χ2v) is 10.2. The molecule has 4 rings (SSSR count). The molecule has 2 fully saturated rings. The van der Waals surface area contributed by atoms with E-state index in [2.05, 4.69) is 25.9 Å². The number of amides is 1. The van der Waals surface area contributed by atoms with Crippen molar-refractivity contribution < 1.29 is 18.8 Å². The quantitative estimate of drug-likeness (QED) is 0.709. The Kier molecular flexibility index (Phi) is 4.83. The molecule has 2 aliphatic rings. The first-order chi connectivity index (χ1) is 14.0. The minimum Gasteiger partial charge on any atom is -0.452 e. The molecule has 1 saturated heterocycles. The van der Waals surface area contributed by atoms with Gasteiger partial charge in [0.25, 0.3) is 5.91 Å². The van der Waals surface area contributed by atoms with Gasteiger partial charge in [-0.05, 0) is 56.9 Å². The fourth-order valence-electron chi connectivity index (χ4n) is 5.82. The Morgan fingerprint density at radius 1 is 1.20 bits per heavy atom. The lowest BCUT2D eigenvalue weighted by molar-refractivity contribution is -0.135. The summed E-state index contributed by atoms with van der Waals surface area (Å²) in [5, 5.41) is 4.03. The molecule has 2 atom stereocenters. The van der Waals surface area contributed by atoms with Gasteiger partial charge in [0.1, 0.15) is 5.76 Å². The van der Waals surface area contributed by atoms with Gasteiger partial charge in [0.15, 0.2) is 12.4 Å². The molecule has 1 saturated carbocycles. The Morgan fingerprint density at radius 2 is 1.93 bits per heavy atom. The first kappa shape index (κ1) is 20.7. The molecule has 0 N–H and O–H groups in total. The van der Waals surface area contributed by atoms with Gasteiger partial charge in [-0.15, -0.1) is 0 Å². The van der Waals surface area contributed by atoms with Crippen molar-refractivity contribution in [1.29, 1.82) is 0 Å². The summed E-state index contributed by atoms with van der Waals surface area (Å²) in [6.45, 7) is 12.9. The van der Waals surface area contributed by atoms with Gasteiger partial charge in [-0.25, -0.2) is 4.79 Å². The van der Waals surface area contributed by atoms with Gasteiger partial charge in [0.2, 0.25) is 0 Å². The lowest BCUT2D eigenvalue weighted by Crippen LogP contribution is -2.39. The van der Waals surface area contributed by atoms with Gasteiger partial charge in [0.05, 0.1) is 5.56 Å². The molecule has 7 nitrogen and oxygen atoms in total. The number of aryl methyl sites for hydroxylation is 2. The van der Waals surface area contributed by atoms with Gasteiger partial charge in [-0.1, -0.05) is 25.9 Å². The molecule has 1 aliphatic carbocycles. The molecular formula is C23H31N3O4. The third-order valence-electron chi connectivity index (χ3n) is 6.56. The number of nitrogens with zero attached hydrogens (tertiary/aromatic N) is 3. The molecule has 3 heterocycles. The van der Waals surface area contributed by atoms with Crippen LogP contribution in [0.2, 0.25) is 0 Å². The van der Waals surface area contributed by atoms with Crippen LogP contribution in [0, 0.1) is 31.6 Å². The number of hydrogen-bond donors (Lipinski definition) is 0. The summed E-state index contributed by atoms with van der Waals surface area (Å²) in [7, 11) is 0. The van der Waals surface area contributed by atoms with Crippen LogP contribution in [0.3, 0.4) is 0 Å². The van der Waals surface area contributed by atoms with Gasteiger partial charge in [-0.3, -0.25) is 9.36 Å². The highest BCUT2D eigenvalue weighted by Gasteiger charge is 2.50. The first-order valence-corrected chi connectivity index (χ1v) is 10.6. The molecule has 2 aromatic heterocycles. The van der Waals surface area contributed by atoms with Crippen molar-refractivity contribution in [2.75, 3.05) is 13.2 Å². The molecule has 0 spiro atoms. The van der Waals surface area contributed by atoms with Crippen LogP contribution < -0.4 is 0 Å². The zero-order valence-electron chi connectivity index (χ0n) is 18.7. The Morgan fingerprint density at radius 3 is 2.60 bits per heavy atom. The van der Waals surface area contributed by atoms with Crippen molar-refractivity contribution >= 4 is 11.9 Å². The van der Waals surface area contributed by atoms with Gasteiger partial charge >= 0.3 is 5.97 Å². The summed E-state index contributed by atoms with van der Waals surface area (Å²) < 4.78 is 12.4. The third kappa shape index (κ3) is 3.66. The first-order valence-electron chi connectivity index (χ1n) is 10.6. The number of fused-ring (bicyclic) bond motifs is 2. The monoisotopic (exact) mass is 413 g/mol. The average molecular weight is 414 g/mol. The molecular weight excluding hydrogens is 382 g/mol. The second kappa shape index (κ2) is 7.00. The van der Waals surface area contributed by atoms with Crippen LogP contribution in [-0.2, 0) is 9.53 Å². The maximum atomic E-state index is 12.9. The van der Waals surface area contributed by atoms with Crippen molar-refractivity contribution in [2.45, 2.75) is 66.8 Å². The van der Waals surface area contributed by atoms with Crippen molar-refractivity contribution in [3.05, 3.63) is 34.8 Å². The van der Waals surface area contributed by atoms with E-state index in [0.29, 0.717) is 22.8 Å². The lowest BCUT2D eigenvalue weighted by atomic mass is 9.65. The largest absolute Gasteiger partial charge is 0.452 e. The average Bonchev–Trinajstić information content (AvgIpc) is 3.25. The highest BCUT2D eigenvalue weighted by atomic mass is 16.5. The smallest absolute Gasteiger partial charge is 0.340 e. The third-order valence-corrected chi connectivity index (χ3v) is 6.56. The number of rotatable bonds is 4. The molecule has 7 heteroatoms. The van der Waals surface area contributed by atoms with Crippen molar-refractivity contribution in [3.8, 4) is 5.82 Å². The minimum absolute atomic E-state index is 0.101. The van der Waals surface area contributed by atoms with Crippen molar-refractivity contribution in [3.63, 3.8) is 0 Å². The summed E-state index contributed by atoms with van der Waals surface area (Å²) in [6.07, 6.45) is 3.16. The predicted octanol–water partition coefficient (Wildman–Crippen LogP) is 3.97. The number of ether oxygens (including phenoxy) is 1. The molecule has 0 radical (unpaired) electrons. The number of carbonyl (C=O) groups is 2. The van der Waals surface area contributed by atoms with Crippen LogP contribution in [0.5, 0.6) is 0 Å². The number of carbonyl (C=O) groups excluding carboxylic acids is 2. The Balaban J connectivity index is 1.44. The number of hydrogen-bond acceptors (Lipinski definition) is 5. The fraction of sp³-hybridized carbons (Fsp3) is 0.609. The van der Waals surface area contributed by atoms with Crippen LogP contribution in [0.25, 0.3) is 5.82 Å². The Bertz CT molecular complexity index is 1000. The van der Waals surface area contributed by atoms with E-state index in [-0.39, 0.29) is 29.4 Å². The molecule has 2 aromatic rings. The molecule has 162 valence electrons. The van der Waals surface area contributed by atoms with Gasteiger partial charge in [-0.2, -0.15) is 0 Å². The van der Waals surface area contributed by atoms with Crippen LogP contribution in [-0.4, -0.2) is 45.7 Å².